The molecule has 0 saturated carbocycles. The van der Waals surface area contributed by atoms with Crippen LogP contribution in [0.5, 0.6) is 5.75 Å². The van der Waals surface area contributed by atoms with E-state index in [1.807, 2.05) is 59.5 Å². The number of benzene rings is 2. The third-order valence-electron chi connectivity index (χ3n) is 4.09. The quantitative estimate of drug-likeness (QED) is 0.945. The third kappa shape index (κ3) is 4.11. The summed E-state index contributed by atoms with van der Waals surface area (Å²) in [6, 6.07) is 17.4. The van der Waals surface area contributed by atoms with Gasteiger partial charge in [-0.2, -0.15) is 0 Å². The second-order valence-electron chi connectivity index (χ2n) is 5.95. The van der Waals surface area contributed by atoms with Gasteiger partial charge in [0, 0.05) is 24.7 Å². The summed E-state index contributed by atoms with van der Waals surface area (Å²) in [7, 11) is 0. The first kappa shape index (κ1) is 15.6. The van der Waals surface area contributed by atoms with Gasteiger partial charge in [-0.25, -0.2) is 0 Å². The number of amides is 1. The standard InChI is InChI=1S/C19H22N2O2/c20-17-5-4-12-21(13-17)19(22)16-10-8-15(9-11-16)14-23-18-6-2-1-3-7-18/h1-3,6-11,17H,4-5,12-14,20H2. The maximum absolute atomic E-state index is 12.5. The fraction of sp³-hybridized carbons (Fsp3) is 0.316. The maximum atomic E-state index is 12.5. The second kappa shape index (κ2) is 7.29. The van der Waals surface area contributed by atoms with Gasteiger partial charge < -0.3 is 15.4 Å². The van der Waals surface area contributed by atoms with E-state index in [2.05, 4.69) is 0 Å². The van der Waals surface area contributed by atoms with E-state index in [4.69, 9.17) is 10.5 Å². The molecule has 4 heteroatoms. The first-order chi connectivity index (χ1) is 11.2. The molecule has 1 aliphatic heterocycles. The molecule has 3 rings (SSSR count). The van der Waals surface area contributed by atoms with Crippen LogP contribution in [0.4, 0.5) is 0 Å². The Hall–Kier alpha value is -2.33. The fourth-order valence-electron chi connectivity index (χ4n) is 2.80. The Balaban J connectivity index is 1.59. The van der Waals surface area contributed by atoms with E-state index in [1.165, 1.54) is 0 Å². The van der Waals surface area contributed by atoms with Crippen molar-refractivity contribution in [3.8, 4) is 5.75 Å². The topological polar surface area (TPSA) is 55.6 Å². The summed E-state index contributed by atoms with van der Waals surface area (Å²) in [4.78, 5) is 14.3. The van der Waals surface area contributed by atoms with Gasteiger partial charge in [0.05, 0.1) is 0 Å². The van der Waals surface area contributed by atoms with Crippen LogP contribution >= 0.6 is 0 Å². The molecule has 1 aliphatic rings. The number of hydrogen-bond donors (Lipinski definition) is 1. The molecule has 0 aliphatic carbocycles. The number of likely N-dealkylation sites (tertiary alicyclic amines) is 1. The van der Waals surface area contributed by atoms with Gasteiger partial charge in [0.25, 0.3) is 5.91 Å². The number of piperidine rings is 1. The van der Waals surface area contributed by atoms with E-state index >= 15 is 0 Å². The Morgan fingerprint density at radius 2 is 1.87 bits per heavy atom. The molecule has 1 heterocycles. The lowest BCUT2D eigenvalue weighted by Gasteiger charge is -2.30. The Labute approximate surface area is 136 Å². The van der Waals surface area contributed by atoms with Crippen LogP contribution in [0.3, 0.4) is 0 Å². The highest BCUT2D eigenvalue weighted by Crippen LogP contribution is 2.15. The van der Waals surface area contributed by atoms with Gasteiger partial charge in [-0.3, -0.25) is 4.79 Å². The molecule has 1 unspecified atom stereocenters. The van der Waals surface area contributed by atoms with E-state index < -0.39 is 0 Å². The van der Waals surface area contributed by atoms with Crippen LogP contribution in [0.15, 0.2) is 54.6 Å². The highest BCUT2D eigenvalue weighted by Gasteiger charge is 2.22. The Morgan fingerprint density at radius 3 is 2.57 bits per heavy atom. The predicted octanol–water partition coefficient (Wildman–Crippen LogP) is 2.83. The molecule has 2 aromatic carbocycles. The highest BCUT2D eigenvalue weighted by atomic mass is 16.5. The summed E-state index contributed by atoms with van der Waals surface area (Å²) in [6.07, 6.45) is 1.98. The monoisotopic (exact) mass is 310 g/mol. The molecule has 2 aromatic rings. The van der Waals surface area contributed by atoms with Crippen molar-refractivity contribution in [2.75, 3.05) is 13.1 Å². The minimum Gasteiger partial charge on any atom is -0.489 e. The van der Waals surface area contributed by atoms with Crippen LogP contribution in [-0.4, -0.2) is 29.9 Å². The summed E-state index contributed by atoms with van der Waals surface area (Å²) >= 11 is 0. The van der Waals surface area contributed by atoms with Crippen molar-refractivity contribution < 1.29 is 9.53 Å². The molecule has 0 aromatic heterocycles. The Bertz CT molecular complexity index is 640. The zero-order chi connectivity index (χ0) is 16.1. The molecule has 1 atom stereocenters. The number of hydrogen-bond acceptors (Lipinski definition) is 3. The summed E-state index contributed by atoms with van der Waals surface area (Å²) in [6.45, 7) is 1.94. The van der Waals surface area contributed by atoms with E-state index in [9.17, 15) is 4.79 Å². The van der Waals surface area contributed by atoms with Gasteiger partial charge in [-0.15, -0.1) is 0 Å². The van der Waals surface area contributed by atoms with E-state index in [0.717, 1.165) is 30.7 Å². The highest BCUT2D eigenvalue weighted by molar-refractivity contribution is 5.94. The van der Waals surface area contributed by atoms with Crippen molar-refractivity contribution in [1.82, 2.24) is 4.90 Å². The average Bonchev–Trinajstić information content (AvgIpc) is 2.61. The van der Waals surface area contributed by atoms with Crippen molar-refractivity contribution in [1.29, 1.82) is 0 Å². The number of nitrogens with two attached hydrogens (primary N) is 1. The number of ether oxygens (including phenoxy) is 1. The van der Waals surface area contributed by atoms with E-state index in [0.29, 0.717) is 18.7 Å². The minimum absolute atomic E-state index is 0.0654. The van der Waals surface area contributed by atoms with Crippen molar-refractivity contribution in [3.05, 3.63) is 65.7 Å². The largest absolute Gasteiger partial charge is 0.489 e. The predicted molar refractivity (Wildman–Crippen MR) is 90.3 cm³/mol. The number of carbonyl (C=O) groups is 1. The molecular formula is C19H22N2O2. The average molecular weight is 310 g/mol. The lowest BCUT2D eigenvalue weighted by Crippen LogP contribution is -2.45. The Kier molecular flexibility index (Phi) is 4.93. The van der Waals surface area contributed by atoms with Crippen LogP contribution in [0.1, 0.15) is 28.8 Å². The van der Waals surface area contributed by atoms with Crippen molar-refractivity contribution in [2.24, 2.45) is 5.73 Å². The summed E-state index contributed by atoms with van der Waals surface area (Å²) in [5.41, 5.74) is 7.70. The van der Waals surface area contributed by atoms with Gasteiger partial charge >= 0.3 is 0 Å². The van der Waals surface area contributed by atoms with Crippen LogP contribution in [-0.2, 0) is 6.61 Å². The summed E-state index contributed by atoms with van der Waals surface area (Å²) < 4.78 is 5.71. The molecule has 120 valence electrons. The SMILES string of the molecule is NC1CCCN(C(=O)c2ccc(COc3ccccc3)cc2)C1. The van der Waals surface area contributed by atoms with Gasteiger partial charge in [0.2, 0.25) is 0 Å². The molecule has 4 nitrogen and oxygen atoms in total. The van der Waals surface area contributed by atoms with E-state index in [1.54, 1.807) is 0 Å². The van der Waals surface area contributed by atoms with Gasteiger partial charge in [-0.1, -0.05) is 30.3 Å². The molecular weight excluding hydrogens is 288 g/mol. The molecule has 0 bridgehead atoms. The van der Waals surface area contributed by atoms with Crippen molar-refractivity contribution >= 4 is 5.91 Å². The molecule has 1 amide bonds. The Morgan fingerprint density at radius 1 is 1.13 bits per heavy atom. The van der Waals surface area contributed by atoms with Crippen molar-refractivity contribution in [3.63, 3.8) is 0 Å². The second-order valence-corrected chi connectivity index (χ2v) is 5.95. The minimum atomic E-state index is 0.0654. The molecule has 23 heavy (non-hydrogen) atoms. The van der Waals surface area contributed by atoms with Crippen molar-refractivity contribution in [2.45, 2.75) is 25.5 Å². The molecule has 1 saturated heterocycles. The lowest BCUT2D eigenvalue weighted by atomic mass is 10.0. The van der Waals surface area contributed by atoms with Gasteiger partial charge in [0.1, 0.15) is 12.4 Å². The number of para-hydroxylation sites is 1. The van der Waals surface area contributed by atoms with E-state index in [-0.39, 0.29) is 11.9 Å². The molecule has 0 spiro atoms. The smallest absolute Gasteiger partial charge is 0.253 e. The van der Waals surface area contributed by atoms with Gasteiger partial charge in [0.15, 0.2) is 0 Å². The first-order valence-electron chi connectivity index (χ1n) is 8.04. The number of rotatable bonds is 4. The van der Waals surface area contributed by atoms with Crippen LogP contribution in [0, 0.1) is 0 Å². The summed E-state index contributed by atoms with van der Waals surface area (Å²) in [5.74, 6) is 0.908. The third-order valence-corrected chi connectivity index (χ3v) is 4.09. The summed E-state index contributed by atoms with van der Waals surface area (Å²) in [5, 5.41) is 0. The zero-order valence-electron chi connectivity index (χ0n) is 13.2. The van der Waals surface area contributed by atoms with Gasteiger partial charge in [-0.05, 0) is 42.7 Å². The molecule has 2 N–H and O–H groups in total. The molecule has 1 fully saturated rings. The lowest BCUT2D eigenvalue weighted by molar-refractivity contribution is 0.0709. The van der Waals surface area contributed by atoms with Crippen LogP contribution in [0.2, 0.25) is 0 Å². The maximum Gasteiger partial charge on any atom is 0.253 e. The van der Waals surface area contributed by atoms with Crippen LogP contribution < -0.4 is 10.5 Å². The molecule has 0 radical (unpaired) electrons. The van der Waals surface area contributed by atoms with Crippen LogP contribution in [0.25, 0.3) is 0 Å². The fourth-order valence-corrected chi connectivity index (χ4v) is 2.80. The normalized spacial score (nSPS) is 17.8. The number of carbonyl (C=O) groups excluding carboxylic acids is 1. The first-order valence-corrected chi connectivity index (χ1v) is 8.04. The number of nitrogens with zero attached hydrogens (tertiary/aromatic N) is 1. The zero-order valence-corrected chi connectivity index (χ0v) is 13.2.